The third-order valence-corrected chi connectivity index (χ3v) is 5.07. The molecule has 4 rings (SSSR count). The number of pyridine rings is 1. The fourth-order valence-corrected chi connectivity index (χ4v) is 3.67. The van der Waals surface area contributed by atoms with E-state index in [-0.39, 0.29) is 23.0 Å². The molecule has 4 nitrogen and oxygen atoms in total. The predicted molar refractivity (Wildman–Crippen MR) is 88.1 cm³/mol. The maximum Gasteiger partial charge on any atom is 0.162 e. The van der Waals surface area contributed by atoms with E-state index in [1.54, 1.807) is 0 Å². The normalized spacial score (nSPS) is 18.9. The van der Waals surface area contributed by atoms with Gasteiger partial charge in [0.15, 0.2) is 5.78 Å². The number of ether oxygens (including phenoxy) is 1. The average molecular weight is 329 g/mol. The second kappa shape index (κ2) is 5.81. The van der Waals surface area contributed by atoms with E-state index in [2.05, 4.69) is 0 Å². The quantitative estimate of drug-likeness (QED) is 0.863. The van der Waals surface area contributed by atoms with Crippen molar-refractivity contribution < 1.29 is 19.0 Å². The lowest BCUT2D eigenvalue weighted by Gasteiger charge is -2.25. The summed E-state index contributed by atoms with van der Waals surface area (Å²) in [7, 11) is 0. The number of benzene rings is 1. The van der Waals surface area contributed by atoms with Crippen molar-refractivity contribution in [3.05, 3.63) is 34.8 Å². The SMILES string of the molecule is CC(=O)c1cc(F)cc2c(O)c(C3CC3)c(C3CCOCC3)nc12. The van der Waals surface area contributed by atoms with Gasteiger partial charge in [-0.25, -0.2) is 4.39 Å². The zero-order chi connectivity index (χ0) is 16.8. The Morgan fingerprint density at radius 2 is 1.92 bits per heavy atom. The number of rotatable bonds is 3. The van der Waals surface area contributed by atoms with Crippen LogP contribution in [0.1, 0.15) is 66.1 Å². The molecule has 24 heavy (non-hydrogen) atoms. The first-order valence-electron chi connectivity index (χ1n) is 8.51. The van der Waals surface area contributed by atoms with Gasteiger partial charge in [0.05, 0.1) is 11.2 Å². The summed E-state index contributed by atoms with van der Waals surface area (Å²) in [5.74, 6) is -0.154. The van der Waals surface area contributed by atoms with E-state index in [9.17, 15) is 14.3 Å². The standard InChI is InChI=1S/C19H20FNO3/c1-10(22)14-8-13(20)9-15-18(14)21-17(12-4-6-24-7-5-12)16(19(15)23)11-2-3-11/h8-9,11-12H,2-7H2,1H3,(H,21,23). The molecule has 0 unspecified atom stereocenters. The zero-order valence-corrected chi connectivity index (χ0v) is 13.6. The lowest BCUT2D eigenvalue weighted by Crippen LogP contribution is -2.17. The van der Waals surface area contributed by atoms with Crippen molar-refractivity contribution in [2.75, 3.05) is 13.2 Å². The topological polar surface area (TPSA) is 59.4 Å². The van der Waals surface area contributed by atoms with Gasteiger partial charge in [-0.15, -0.1) is 0 Å². The van der Waals surface area contributed by atoms with Crippen LogP contribution in [0.15, 0.2) is 12.1 Å². The Bertz CT molecular complexity index is 823. The van der Waals surface area contributed by atoms with Crippen molar-refractivity contribution in [1.29, 1.82) is 0 Å². The largest absolute Gasteiger partial charge is 0.507 e. The maximum absolute atomic E-state index is 13.9. The third kappa shape index (κ3) is 2.57. The molecule has 126 valence electrons. The first kappa shape index (κ1) is 15.5. The molecule has 2 aromatic rings. The summed E-state index contributed by atoms with van der Waals surface area (Å²) in [4.78, 5) is 16.7. The van der Waals surface area contributed by atoms with Gasteiger partial charge >= 0.3 is 0 Å². The van der Waals surface area contributed by atoms with E-state index in [1.165, 1.54) is 19.1 Å². The summed E-state index contributed by atoms with van der Waals surface area (Å²) in [5, 5.41) is 11.2. The molecule has 0 amide bonds. The minimum Gasteiger partial charge on any atom is -0.507 e. The van der Waals surface area contributed by atoms with Gasteiger partial charge in [-0.3, -0.25) is 9.78 Å². The first-order chi connectivity index (χ1) is 11.6. The summed E-state index contributed by atoms with van der Waals surface area (Å²) in [6.45, 7) is 2.76. The molecule has 0 spiro atoms. The van der Waals surface area contributed by atoms with Crippen LogP contribution in [-0.4, -0.2) is 29.1 Å². The fourth-order valence-electron chi connectivity index (χ4n) is 3.67. The molecule has 1 aliphatic heterocycles. The summed E-state index contributed by atoms with van der Waals surface area (Å²) in [6.07, 6.45) is 3.75. The van der Waals surface area contributed by atoms with Gasteiger partial charge < -0.3 is 9.84 Å². The lowest BCUT2D eigenvalue weighted by molar-refractivity contribution is 0.0843. The van der Waals surface area contributed by atoms with Gasteiger partial charge in [0.1, 0.15) is 11.6 Å². The Balaban J connectivity index is 1.99. The molecule has 1 aromatic carbocycles. The Hall–Kier alpha value is -2.01. The van der Waals surface area contributed by atoms with Gasteiger partial charge in [-0.05, 0) is 50.7 Å². The number of aromatic hydroxyl groups is 1. The van der Waals surface area contributed by atoms with Crippen molar-refractivity contribution in [3.63, 3.8) is 0 Å². The molecule has 0 radical (unpaired) electrons. The van der Waals surface area contributed by atoms with Crippen LogP contribution in [0.2, 0.25) is 0 Å². The maximum atomic E-state index is 13.9. The van der Waals surface area contributed by atoms with Crippen molar-refractivity contribution in [3.8, 4) is 5.75 Å². The van der Waals surface area contributed by atoms with Crippen LogP contribution in [0, 0.1) is 5.82 Å². The molecule has 1 saturated carbocycles. The summed E-state index contributed by atoms with van der Waals surface area (Å²) < 4.78 is 19.4. The number of carbonyl (C=O) groups excluding carboxylic acids is 1. The number of fused-ring (bicyclic) bond motifs is 1. The molecule has 2 heterocycles. The number of carbonyl (C=O) groups is 1. The van der Waals surface area contributed by atoms with Crippen LogP contribution in [-0.2, 0) is 4.74 Å². The van der Waals surface area contributed by atoms with Crippen LogP contribution in [0.25, 0.3) is 10.9 Å². The Morgan fingerprint density at radius 1 is 1.21 bits per heavy atom. The molecule has 2 aliphatic rings. The van der Waals surface area contributed by atoms with Crippen LogP contribution in [0.3, 0.4) is 0 Å². The van der Waals surface area contributed by atoms with Crippen LogP contribution < -0.4 is 0 Å². The second-order valence-electron chi connectivity index (χ2n) is 6.83. The fraction of sp³-hybridized carbons (Fsp3) is 0.474. The molecule has 0 bridgehead atoms. The van der Waals surface area contributed by atoms with E-state index in [0.29, 0.717) is 30.0 Å². The summed E-state index contributed by atoms with van der Waals surface area (Å²) in [6, 6.07) is 2.49. The number of halogens is 1. The molecule has 1 N–H and O–H groups in total. The van der Waals surface area contributed by atoms with Gasteiger partial charge in [-0.1, -0.05) is 0 Å². The number of aromatic nitrogens is 1. The molecule has 0 atom stereocenters. The van der Waals surface area contributed by atoms with Gasteiger partial charge in [0.25, 0.3) is 0 Å². The molecular weight excluding hydrogens is 309 g/mol. The van der Waals surface area contributed by atoms with Crippen molar-refractivity contribution in [2.45, 2.75) is 44.4 Å². The van der Waals surface area contributed by atoms with Crippen LogP contribution in [0.4, 0.5) is 4.39 Å². The second-order valence-corrected chi connectivity index (χ2v) is 6.83. The summed E-state index contributed by atoms with van der Waals surface area (Å²) in [5.41, 5.74) is 2.37. The highest BCUT2D eigenvalue weighted by atomic mass is 19.1. The highest BCUT2D eigenvalue weighted by molar-refractivity contribution is 6.07. The zero-order valence-electron chi connectivity index (χ0n) is 13.6. The number of Topliss-reactive ketones (excluding diaryl/α,β-unsaturated/α-hetero) is 1. The highest BCUT2D eigenvalue weighted by Gasteiger charge is 2.34. The van der Waals surface area contributed by atoms with Crippen LogP contribution >= 0.6 is 0 Å². The minimum absolute atomic E-state index is 0.103. The van der Waals surface area contributed by atoms with E-state index in [4.69, 9.17) is 9.72 Å². The molecule has 1 aromatic heterocycles. The number of ketones is 1. The van der Waals surface area contributed by atoms with E-state index in [0.717, 1.165) is 36.9 Å². The summed E-state index contributed by atoms with van der Waals surface area (Å²) >= 11 is 0. The number of hydrogen-bond donors (Lipinski definition) is 1. The highest BCUT2D eigenvalue weighted by Crippen LogP contribution is 2.50. The number of hydrogen-bond acceptors (Lipinski definition) is 4. The predicted octanol–water partition coefficient (Wildman–Crippen LogP) is 4.05. The van der Waals surface area contributed by atoms with Gasteiger partial charge in [0, 0.05) is 35.6 Å². The average Bonchev–Trinajstić information content (AvgIpc) is 3.40. The minimum atomic E-state index is -0.523. The van der Waals surface area contributed by atoms with E-state index >= 15 is 0 Å². The monoisotopic (exact) mass is 329 g/mol. The third-order valence-electron chi connectivity index (χ3n) is 5.07. The van der Waals surface area contributed by atoms with Crippen LogP contribution in [0.5, 0.6) is 5.75 Å². The van der Waals surface area contributed by atoms with Gasteiger partial charge in [0.2, 0.25) is 0 Å². The van der Waals surface area contributed by atoms with Crippen molar-refractivity contribution in [1.82, 2.24) is 4.98 Å². The van der Waals surface area contributed by atoms with Crippen molar-refractivity contribution >= 4 is 16.7 Å². The molecule has 2 fully saturated rings. The Morgan fingerprint density at radius 3 is 2.54 bits per heavy atom. The lowest BCUT2D eigenvalue weighted by atomic mass is 9.89. The molecule has 1 saturated heterocycles. The van der Waals surface area contributed by atoms with E-state index < -0.39 is 5.82 Å². The van der Waals surface area contributed by atoms with Gasteiger partial charge in [-0.2, -0.15) is 0 Å². The Labute approximate surface area is 139 Å². The first-order valence-corrected chi connectivity index (χ1v) is 8.51. The molecular formula is C19H20FNO3. The molecule has 1 aliphatic carbocycles. The Kier molecular flexibility index (Phi) is 3.76. The van der Waals surface area contributed by atoms with Crippen molar-refractivity contribution in [2.24, 2.45) is 0 Å². The number of nitrogens with zero attached hydrogens (tertiary/aromatic N) is 1. The molecule has 5 heteroatoms. The van der Waals surface area contributed by atoms with E-state index in [1.807, 2.05) is 0 Å². The smallest absolute Gasteiger partial charge is 0.162 e.